The molecule has 0 fully saturated rings. The number of benzene rings is 2. The molecule has 130 valence electrons. The highest BCUT2D eigenvalue weighted by Crippen LogP contribution is 2.27. The molecule has 0 saturated heterocycles. The Morgan fingerprint density at radius 1 is 1.19 bits per heavy atom. The predicted octanol–water partition coefficient (Wildman–Crippen LogP) is 5.97. The Labute approximate surface area is 158 Å². The SMILES string of the molecule is CCc1ccc(-c2csc(/C(C#N)=C/Nc3ccc(C)cc3C)n2)cc1. The first-order chi connectivity index (χ1) is 12.6. The molecule has 0 unspecified atom stereocenters. The van der Waals surface area contributed by atoms with Crippen molar-refractivity contribution in [1.29, 1.82) is 5.26 Å². The lowest BCUT2D eigenvalue weighted by molar-refractivity contribution is 1.14. The fraction of sp³-hybridized carbons (Fsp3) is 0.182. The Kier molecular flexibility index (Phi) is 5.50. The van der Waals surface area contributed by atoms with Crippen LogP contribution in [-0.2, 0) is 6.42 Å². The number of aromatic nitrogens is 1. The lowest BCUT2D eigenvalue weighted by Crippen LogP contribution is -1.94. The van der Waals surface area contributed by atoms with Gasteiger partial charge in [0.05, 0.1) is 5.69 Å². The average Bonchev–Trinajstić information content (AvgIpc) is 3.14. The van der Waals surface area contributed by atoms with Crippen molar-refractivity contribution in [1.82, 2.24) is 4.98 Å². The Morgan fingerprint density at radius 3 is 2.62 bits per heavy atom. The van der Waals surface area contributed by atoms with Gasteiger partial charge in [-0.1, -0.05) is 48.9 Å². The van der Waals surface area contributed by atoms with Gasteiger partial charge in [-0.05, 0) is 37.5 Å². The molecule has 3 aromatic rings. The summed E-state index contributed by atoms with van der Waals surface area (Å²) in [6.45, 7) is 6.26. The second-order valence-electron chi connectivity index (χ2n) is 6.22. The summed E-state index contributed by atoms with van der Waals surface area (Å²) in [5, 5.41) is 15.5. The quantitative estimate of drug-likeness (QED) is 0.571. The molecule has 0 aliphatic carbocycles. The lowest BCUT2D eigenvalue weighted by Gasteiger charge is -2.06. The molecule has 26 heavy (non-hydrogen) atoms. The third-order valence-electron chi connectivity index (χ3n) is 4.27. The zero-order chi connectivity index (χ0) is 18.5. The van der Waals surface area contributed by atoms with Crippen LogP contribution in [0, 0.1) is 25.2 Å². The van der Waals surface area contributed by atoms with Crippen molar-refractivity contribution in [3.05, 3.63) is 75.7 Å². The summed E-state index contributed by atoms with van der Waals surface area (Å²) in [7, 11) is 0. The van der Waals surface area contributed by atoms with Gasteiger partial charge in [-0.25, -0.2) is 4.98 Å². The van der Waals surface area contributed by atoms with Crippen LogP contribution in [0.2, 0.25) is 0 Å². The van der Waals surface area contributed by atoms with E-state index in [0.717, 1.165) is 33.9 Å². The Hall–Kier alpha value is -2.90. The van der Waals surface area contributed by atoms with Gasteiger partial charge in [0.1, 0.15) is 16.6 Å². The summed E-state index contributed by atoms with van der Waals surface area (Å²) in [4.78, 5) is 4.64. The Morgan fingerprint density at radius 2 is 1.96 bits per heavy atom. The average molecular weight is 359 g/mol. The van der Waals surface area contributed by atoms with E-state index in [-0.39, 0.29) is 0 Å². The lowest BCUT2D eigenvalue weighted by atomic mass is 10.1. The molecule has 0 atom stereocenters. The molecule has 1 aromatic heterocycles. The van der Waals surface area contributed by atoms with Crippen molar-refractivity contribution in [3.8, 4) is 17.3 Å². The minimum Gasteiger partial charge on any atom is -0.360 e. The maximum absolute atomic E-state index is 9.53. The molecule has 0 spiro atoms. The zero-order valence-corrected chi connectivity index (χ0v) is 16.0. The first-order valence-corrected chi connectivity index (χ1v) is 9.48. The van der Waals surface area contributed by atoms with Gasteiger partial charge >= 0.3 is 0 Å². The van der Waals surface area contributed by atoms with Crippen LogP contribution < -0.4 is 5.32 Å². The molecule has 3 nitrogen and oxygen atoms in total. The van der Waals surface area contributed by atoms with Crippen LogP contribution in [0.1, 0.15) is 28.6 Å². The van der Waals surface area contributed by atoms with Crippen LogP contribution in [0.5, 0.6) is 0 Å². The molecule has 1 N–H and O–H groups in total. The van der Waals surface area contributed by atoms with E-state index in [1.807, 2.05) is 11.4 Å². The fourth-order valence-corrected chi connectivity index (χ4v) is 3.50. The number of anilines is 1. The second kappa shape index (κ2) is 7.99. The van der Waals surface area contributed by atoms with Crippen LogP contribution in [0.15, 0.2) is 54.0 Å². The van der Waals surface area contributed by atoms with Crippen molar-refractivity contribution in [2.75, 3.05) is 5.32 Å². The van der Waals surface area contributed by atoms with Crippen molar-refractivity contribution in [2.45, 2.75) is 27.2 Å². The number of allylic oxidation sites excluding steroid dienone is 1. The predicted molar refractivity (Wildman–Crippen MR) is 110 cm³/mol. The number of thiazole rings is 1. The minimum absolute atomic E-state index is 0.534. The Bertz CT molecular complexity index is 975. The van der Waals surface area contributed by atoms with Gasteiger partial charge in [0, 0.05) is 22.8 Å². The van der Waals surface area contributed by atoms with Gasteiger partial charge in [0.2, 0.25) is 0 Å². The van der Waals surface area contributed by atoms with Gasteiger partial charge < -0.3 is 5.32 Å². The summed E-state index contributed by atoms with van der Waals surface area (Å²) < 4.78 is 0. The molecule has 0 bridgehead atoms. The molecule has 4 heteroatoms. The third kappa shape index (κ3) is 4.01. The molecule has 0 amide bonds. The summed E-state index contributed by atoms with van der Waals surface area (Å²) >= 11 is 1.49. The van der Waals surface area contributed by atoms with E-state index >= 15 is 0 Å². The van der Waals surface area contributed by atoms with Crippen LogP contribution in [0.25, 0.3) is 16.8 Å². The maximum Gasteiger partial charge on any atom is 0.136 e. The van der Waals surface area contributed by atoms with E-state index in [4.69, 9.17) is 0 Å². The molecular formula is C22H21N3S. The fourth-order valence-electron chi connectivity index (χ4n) is 2.71. The van der Waals surface area contributed by atoms with E-state index in [1.54, 1.807) is 6.20 Å². The van der Waals surface area contributed by atoms with Crippen molar-refractivity contribution >= 4 is 22.6 Å². The van der Waals surface area contributed by atoms with Gasteiger partial charge in [0.25, 0.3) is 0 Å². The van der Waals surface area contributed by atoms with Crippen molar-refractivity contribution in [3.63, 3.8) is 0 Å². The summed E-state index contributed by atoms with van der Waals surface area (Å²) in [5.74, 6) is 0. The topological polar surface area (TPSA) is 48.7 Å². The van der Waals surface area contributed by atoms with E-state index < -0.39 is 0 Å². The van der Waals surface area contributed by atoms with Crippen molar-refractivity contribution in [2.24, 2.45) is 0 Å². The molecule has 0 aliphatic rings. The van der Waals surface area contributed by atoms with Gasteiger partial charge in [0.15, 0.2) is 0 Å². The molecular weight excluding hydrogens is 338 g/mol. The van der Waals surface area contributed by atoms with Crippen LogP contribution >= 0.6 is 11.3 Å². The smallest absolute Gasteiger partial charge is 0.136 e. The standard InChI is InChI=1S/C22H21N3S/c1-4-17-6-8-18(9-7-17)21-14-26-22(25-21)19(12-23)13-24-20-10-5-15(2)11-16(20)3/h5-11,13-14,24H,4H2,1-3H3/b19-13+. The van der Waals surface area contributed by atoms with E-state index in [2.05, 4.69) is 73.5 Å². The molecule has 1 heterocycles. The Balaban J connectivity index is 1.82. The largest absolute Gasteiger partial charge is 0.360 e. The van der Waals surface area contributed by atoms with Crippen LogP contribution in [0.4, 0.5) is 5.69 Å². The number of hydrogen-bond acceptors (Lipinski definition) is 4. The molecule has 2 aromatic carbocycles. The molecule has 3 rings (SSSR count). The van der Waals surface area contributed by atoms with Crippen LogP contribution in [-0.4, -0.2) is 4.98 Å². The van der Waals surface area contributed by atoms with E-state index in [1.165, 1.54) is 22.5 Å². The molecule has 0 saturated carbocycles. The van der Waals surface area contributed by atoms with Crippen molar-refractivity contribution < 1.29 is 0 Å². The number of nitrogens with one attached hydrogen (secondary N) is 1. The number of rotatable bonds is 5. The monoisotopic (exact) mass is 359 g/mol. The minimum atomic E-state index is 0.534. The normalized spacial score (nSPS) is 11.2. The highest BCUT2D eigenvalue weighted by Gasteiger charge is 2.09. The van der Waals surface area contributed by atoms with E-state index in [9.17, 15) is 5.26 Å². The number of aryl methyl sites for hydroxylation is 3. The first kappa shape index (κ1) is 17.9. The summed E-state index contributed by atoms with van der Waals surface area (Å²) in [6.07, 6.45) is 2.76. The highest BCUT2D eigenvalue weighted by atomic mass is 32.1. The van der Waals surface area contributed by atoms with Gasteiger partial charge in [-0.15, -0.1) is 11.3 Å². The zero-order valence-electron chi connectivity index (χ0n) is 15.2. The number of nitriles is 1. The summed E-state index contributed by atoms with van der Waals surface area (Å²) in [5.41, 5.74) is 7.18. The van der Waals surface area contributed by atoms with Gasteiger partial charge in [-0.3, -0.25) is 0 Å². The second-order valence-corrected chi connectivity index (χ2v) is 7.08. The van der Waals surface area contributed by atoms with Gasteiger partial charge in [-0.2, -0.15) is 5.26 Å². The number of nitrogens with zero attached hydrogens (tertiary/aromatic N) is 2. The highest BCUT2D eigenvalue weighted by molar-refractivity contribution is 7.11. The van der Waals surface area contributed by atoms with E-state index in [0.29, 0.717) is 5.57 Å². The third-order valence-corrected chi connectivity index (χ3v) is 5.14. The number of hydrogen-bond donors (Lipinski definition) is 1. The molecule has 0 aliphatic heterocycles. The first-order valence-electron chi connectivity index (χ1n) is 8.60. The van der Waals surface area contributed by atoms with Crippen LogP contribution in [0.3, 0.4) is 0 Å². The molecule has 0 radical (unpaired) electrons. The summed E-state index contributed by atoms with van der Waals surface area (Å²) in [6, 6.07) is 16.9. The maximum atomic E-state index is 9.53.